The van der Waals surface area contributed by atoms with E-state index in [0.29, 0.717) is 24.8 Å². The maximum atomic E-state index is 10.2. The highest BCUT2D eigenvalue weighted by molar-refractivity contribution is 6.30. The lowest BCUT2D eigenvalue weighted by Crippen LogP contribution is -2.49. The molecular weight excluding hydrogens is 364 g/mol. The summed E-state index contributed by atoms with van der Waals surface area (Å²) in [4.78, 5) is 4.65. The second kappa shape index (κ2) is 9.95. The van der Waals surface area contributed by atoms with E-state index < -0.39 is 6.10 Å². The van der Waals surface area contributed by atoms with E-state index in [-0.39, 0.29) is 0 Å². The highest BCUT2D eigenvalue weighted by Crippen LogP contribution is 2.20. The van der Waals surface area contributed by atoms with Crippen molar-refractivity contribution in [3.05, 3.63) is 59.1 Å². The van der Waals surface area contributed by atoms with Gasteiger partial charge < -0.3 is 19.5 Å². The number of anilines is 1. The first kappa shape index (κ1) is 20.0. The van der Waals surface area contributed by atoms with Gasteiger partial charge in [0, 0.05) is 43.4 Å². The molecule has 0 bridgehead atoms. The average Bonchev–Trinajstić information content (AvgIpc) is 2.70. The fraction of sp³-hybridized carbons (Fsp3) is 0.429. The first-order valence-corrected chi connectivity index (χ1v) is 9.63. The van der Waals surface area contributed by atoms with Crippen LogP contribution in [-0.4, -0.2) is 62.6 Å². The van der Waals surface area contributed by atoms with Gasteiger partial charge in [-0.05, 0) is 42.0 Å². The Hall–Kier alpha value is -1.79. The monoisotopic (exact) mass is 390 g/mol. The van der Waals surface area contributed by atoms with Crippen LogP contribution in [0.4, 0.5) is 5.69 Å². The smallest absolute Gasteiger partial charge is 0.119 e. The van der Waals surface area contributed by atoms with Gasteiger partial charge in [-0.2, -0.15) is 0 Å². The van der Waals surface area contributed by atoms with Crippen LogP contribution in [0, 0.1) is 0 Å². The van der Waals surface area contributed by atoms with Crippen LogP contribution in [0.25, 0.3) is 0 Å². The zero-order chi connectivity index (χ0) is 19.1. The van der Waals surface area contributed by atoms with Crippen molar-refractivity contribution in [1.29, 1.82) is 0 Å². The zero-order valence-corrected chi connectivity index (χ0v) is 16.4. The second-order valence-corrected chi connectivity index (χ2v) is 7.22. The molecule has 3 rings (SSSR count). The molecule has 5 nitrogen and oxygen atoms in total. The van der Waals surface area contributed by atoms with Crippen LogP contribution in [0.5, 0.6) is 5.75 Å². The van der Waals surface area contributed by atoms with E-state index in [1.165, 1.54) is 5.69 Å². The molecule has 1 atom stereocenters. The third-order valence-corrected chi connectivity index (χ3v) is 5.02. The average molecular weight is 391 g/mol. The van der Waals surface area contributed by atoms with E-state index in [9.17, 15) is 5.11 Å². The Morgan fingerprint density at radius 1 is 1.00 bits per heavy atom. The Morgan fingerprint density at radius 2 is 1.67 bits per heavy atom. The summed E-state index contributed by atoms with van der Waals surface area (Å²) in [6.45, 7) is 5.22. The Morgan fingerprint density at radius 3 is 2.30 bits per heavy atom. The lowest BCUT2D eigenvalue weighted by molar-refractivity contribution is 0.00914. The Bertz CT molecular complexity index is 686. The van der Waals surface area contributed by atoms with Gasteiger partial charge >= 0.3 is 0 Å². The van der Waals surface area contributed by atoms with Gasteiger partial charge in [-0.3, -0.25) is 4.90 Å². The van der Waals surface area contributed by atoms with Gasteiger partial charge in [-0.25, -0.2) is 0 Å². The highest BCUT2D eigenvalue weighted by Gasteiger charge is 2.19. The number of ether oxygens (including phenoxy) is 2. The summed E-state index contributed by atoms with van der Waals surface area (Å²) < 4.78 is 10.8. The predicted molar refractivity (Wildman–Crippen MR) is 109 cm³/mol. The molecule has 146 valence electrons. The molecule has 27 heavy (non-hydrogen) atoms. The van der Waals surface area contributed by atoms with Crippen molar-refractivity contribution in [2.24, 2.45) is 0 Å². The molecule has 2 aromatic carbocycles. The molecule has 0 unspecified atom stereocenters. The second-order valence-electron chi connectivity index (χ2n) is 6.78. The summed E-state index contributed by atoms with van der Waals surface area (Å²) in [6.07, 6.45) is -0.482. The normalized spacial score (nSPS) is 16.3. The van der Waals surface area contributed by atoms with Crippen LogP contribution in [0.3, 0.4) is 0 Å². The summed E-state index contributed by atoms with van der Waals surface area (Å²) in [5.74, 6) is 0.874. The molecule has 1 fully saturated rings. The van der Waals surface area contributed by atoms with Crippen LogP contribution in [0.15, 0.2) is 48.5 Å². The van der Waals surface area contributed by atoms with Crippen LogP contribution >= 0.6 is 11.6 Å². The topological polar surface area (TPSA) is 45.2 Å². The number of β-amino-alcohol motifs (C(OH)–C–C–N with tert-alkyl or cyclic N) is 1. The number of hydrogen-bond acceptors (Lipinski definition) is 5. The molecule has 1 aliphatic heterocycles. The molecule has 0 aromatic heterocycles. The van der Waals surface area contributed by atoms with Gasteiger partial charge in [-0.15, -0.1) is 0 Å². The summed E-state index contributed by atoms with van der Waals surface area (Å²) in [6, 6.07) is 15.7. The van der Waals surface area contributed by atoms with Crippen molar-refractivity contribution in [3.8, 4) is 5.75 Å². The number of nitrogens with zero attached hydrogens (tertiary/aromatic N) is 2. The molecule has 0 amide bonds. The largest absolute Gasteiger partial charge is 0.497 e. The first-order chi connectivity index (χ1) is 13.1. The molecule has 0 aliphatic carbocycles. The van der Waals surface area contributed by atoms with E-state index in [0.717, 1.165) is 37.5 Å². The number of hydrogen-bond donors (Lipinski definition) is 1. The summed E-state index contributed by atoms with van der Waals surface area (Å²) in [7, 11) is 1.68. The number of rotatable bonds is 8. The van der Waals surface area contributed by atoms with Gasteiger partial charge in [0.05, 0.1) is 26.4 Å². The third kappa shape index (κ3) is 6.11. The number of piperazine rings is 1. The molecule has 0 spiro atoms. The van der Waals surface area contributed by atoms with Crippen molar-refractivity contribution >= 4 is 17.3 Å². The molecule has 1 heterocycles. The van der Waals surface area contributed by atoms with Crippen molar-refractivity contribution < 1.29 is 14.6 Å². The van der Waals surface area contributed by atoms with Crippen LogP contribution in [-0.2, 0) is 11.3 Å². The number of benzene rings is 2. The maximum Gasteiger partial charge on any atom is 0.119 e. The molecule has 1 saturated heterocycles. The number of aliphatic hydroxyl groups excluding tert-OH is 1. The molecule has 1 N–H and O–H groups in total. The number of methoxy groups -OCH3 is 1. The third-order valence-electron chi connectivity index (χ3n) is 4.77. The van der Waals surface area contributed by atoms with E-state index in [1.54, 1.807) is 7.11 Å². The number of halogens is 1. The standard InChI is InChI=1S/C21H27ClN2O3/c1-26-21-8-6-19(7-9-21)24-12-10-23(11-13-24)14-20(25)16-27-15-17-2-4-18(22)5-3-17/h2-9,20,25H,10-16H2,1H3/t20-/m0/s1. The highest BCUT2D eigenvalue weighted by atomic mass is 35.5. The van der Waals surface area contributed by atoms with Crippen LogP contribution < -0.4 is 9.64 Å². The summed E-state index contributed by atoms with van der Waals surface area (Å²) in [5.41, 5.74) is 2.27. The lowest BCUT2D eigenvalue weighted by Gasteiger charge is -2.36. The SMILES string of the molecule is COc1ccc(N2CCN(C[C@H](O)COCc3ccc(Cl)cc3)CC2)cc1. The number of aliphatic hydroxyl groups is 1. The predicted octanol–water partition coefficient (Wildman–Crippen LogP) is 3.05. The molecule has 1 aliphatic rings. The molecule has 6 heteroatoms. The van der Waals surface area contributed by atoms with Crippen molar-refractivity contribution in [2.45, 2.75) is 12.7 Å². The van der Waals surface area contributed by atoms with Gasteiger partial charge in [0.2, 0.25) is 0 Å². The summed E-state index contributed by atoms with van der Waals surface area (Å²) in [5, 5.41) is 11.0. The Kier molecular flexibility index (Phi) is 7.35. The maximum absolute atomic E-state index is 10.2. The molecular formula is C21H27ClN2O3. The van der Waals surface area contributed by atoms with Crippen molar-refractivity contribution in [2.75, 3.05) is 51.3 Å². The fourth-order valence-electron chi connectivity index (χ4n) is 3.23. The minimum atomic E-state index is -0.482. The van der Waals surface area contributed by atoms with Crippen molar-refractivity contribution in [3.63, 3.8) is 0 Å². The minimum absolute atomic E-state index is 0.335. The van der Waals surface area contributed by atoms with Crippen molar-refractivity contribution in [1.82, 2.24) is 4.90 Å². The lowest BCUT2D eigenvalue weighted by atomic mass is 10.2. The van der Waals surface area contributed by atoms with Gasteiger partial charge in [0.25, 0.3) is 0 Å². The summed E-state index contributed by atoms with van der Waals surface area (Å²) >= 11 is 5.87. The van der Waals surface area contributed by atoms with E-state index in [1.807, 2.05) is 36.4 Å². The van der Waals surface area contributed by atoms with Gasteiger partial charge in [-0.1, -0.05) is 23.7 Å². The first-order valence-electron chi connectivity index (χ1n) is 9.25. The van der Waals surface area contributed by atoms with E-state index in [2.05, 4.69) is 21.9 Å². The Balaban J connectivity index is 1.36. The minimum Gasteiger partial charge on any atom is -0.497 e. The van der Waals surface area contributed by atoms with Crippen LogP contribution in [0.1, 0.15) is 5.56 Å². The quantitative estimate of drug-likeness (QED) is 0.750. The van der Waals surface area contributed by atoms with E-state index >= 15 is 0 Å². The fourth-order valence-corrected chi connectivity index (χ4v) is 3.35. The zero-order valence-electron chi connectivity index (χ0n) is 15.7. The molecule has 0 radical (unpaired) electrons. The Labute approximate surface area is 166 Å². The van der Waals surface area contributed by atoms with Gasteiger partial charge in [0.15, 0.2) is 0 Å². The van der Waals surface area contributed by atoms with Gasteiger partial charge in [0.1, 0.15) is 5.75 Å². The molecule has 0 saturated carbocycles. The van der Waals surface area contributed by atoms with E-state index in [4.69, 9.17) is 21.1 Å². The molecule has 2 aromatic rings. The van der Waals surface area contributed by atoms with Crippen LogP contribution in [0.2, 0.25) is 5.02 Å².